The predicted molar refractivity (Wildman–Crippen MR) is 136 cm³/mol. The van der Waals surface area contributed by atoms with Crippen LogP contribution in [0.25, 0.3) is 27.1 Å². The molecule has 4 aromatic rings. The number of amides is 1. The number of nitrogens with two attached hydrogens (primary N) is 1. The van der Waals surface area contributed by atoms with Crippen LogP contribution >= 0.6 is 11.3 Å². The maximum Gasteiger partial charge on any atom is 0.231 e. The number of pyridine rings is 1. The number of hydrogen-bond acceptors (Lipinski definition) is 5. The van der Waals surface area contributed by atoms with Crippen LogP contribution in [0.1, 0.15) is 59.7 Å². The van der Waals surface area contributed by atoms with Gasteiger partial charge in [-0.3, -0.25) is 9.69 Å². The summed E-state index contributed by atoms with van der Waals surface area (Å²) in [7, 11) is 0. The number of likely N-dealkylation sites (tertiary alicyclic amines) is 1. The Hall–Kier alpha value is -2.71. The summed E-state index contributed by atoms with van der Waals surface area (Å²) in [6.45, 7) is 13.5. The number of fused-ring (bicyclic) bond motifs is 3. The lowest BCUT2D eigenvalue weighted by Crippen LogP contribution is -2.41. The molecule has 0 aromatic carbocycles. The molecule has 178 valence electrons. The molecule has 8 heteroatoms. The molecule has 2 fully saturated rings. The van der Waals surface area contributed by atoms with Crippen molar-refractivity contribution in [3.05, 3.63) is 39.7 Å². The van der Waals surface area contributed by atoms with Gasteiger partial charge < -0.3 is 10.7 Å². The summed E-state index contributed by atoms with van der Waals surface area (Å²) in [5, 5.41) is 5.82. The van der Waals surface area contributed by atoms with E-state index in [9.17, 15) is 4.79 Å². The Kier molecular flexibility index (Phi) is 4.74. The molecule has 3 N–H and O–H groups in total. The van der Waals surface area contributed by atoms with E-state index in [1.165, 1.54) is 50.1 Å². The van der Waals surface area contributed by atoms with Gasteiger partial charge in [-0.2, -0.15) is 5.10 Å². The summed E-state index contributed by atoms with van der Waals surface area (Å²) in [5.41, 5.74) is 14.3. The number of primary amides is 1. The SMILES string of the molecule is Cc1c(-c2[nH]c3sc(C45CCN(CC(N)=O)CC4C5)c(C)c3c2C(C)C)cn2ncnc2c1C. The molecule has 0 bridgehead atoms. The molecule has 1 saturated carbocycles. The predicted octanol–water partition coefficient (Wildman–Crippen LogP) is 4.44. The summed E-state index contributed by atoms with van der Waals surface area (Å²) in [6, 6.07) is 0. The van der Waals surface area contributed by atoms with Crippen molar-refractivity contribution in [3.63, 3.8) is 0 Å². The lowest BCUT2D eigenvalue weighted by atomic mass is 9.88. The first-order valence-corrected chi connectivity index (χ1v) is 13.0. The van der Waals surface area contributed by atoms with Gasteiger partial charge in [0.2, 0.25) is 5.91 Å². The van der Waals surface area contributed by atoms with Crippen molar-refractivity contribution in [3.8, 4) is 11.3 Å². The number of aryl methyl sites for hydroxylation is 2. The third kappa shape index (κ3) is 3.01. The van der Waals surface area contributed by atoms with Crippen LogP contribution in [0.3, 0.4) is 0 Å². The van der Waals surface area contributed by atoms with Crippen LogP contribution in [0.2, 0.25) is 0 Å². The lowest BCUT2D eigenvalue weighted by molar-refractivity contribution is -0.119. The second-order valence-corrected chi connectivity index (χ2v) is 11.7. The summed E-state index contributed by atoms with van der Waals surface area (Å²) in [6.07, 6.45) is 6.07. The van der Waals surface area contributed by atoms with Crippen molar-refractivity contribution in [2.45, 2.75) is 58.8 Å². The van der Waals surface area contributed by atoms with Gasteiger partial charge >= 0.3 is 0 Å². The first-order chi connectivity index (χ1) is 16.2. The summed E-state index contributed by atoms with van der Waals surface area (Å²) in [4.78, 5) is 24.7. The van der Waals surface area contributed by atoms with Crippen LogP contribution in [0, 0.1) is 26.7 Å². The molecule has 2 atom stereocenters. The van der Waals surface area contributed by atoms with Crippen molar-refractivity contribution in [1.29, 1.82) is 0 Å². The third-order valence-corrected chi connectivity index (χ3v) is 9.74. The number of carbonyl (C=O) groups is 1. The number of thiophene rings is 1. The van der Waals surface area contributed by atoms with Crippen molar-refractivity contribution in [2.75, 3.05) is 19.6 Å². The Morgan fingerprint density at radius 1 is 1.29 bits per heavy atom. The molecular weight excluding hydrogens is 444 g/mol. The molecule has 0 spiro atoms. The number of hydrogen-bond donors (Lipinski definition) is 2. The van der Waals surface area contributed by atoms with E-state index in [2.05, 4.69) is 60.8 Å². The van der Waals surface area contributed by atoms with Gasteiger partial charge in [-0.1, -0.05) is 13.8 Å². The fourth-order valence-corrected chi connectivity index (χ4v) is 7.93. The lowest BCUT2D eigenvalue weighted by Gasteiger charge is -2.30. The number of carbonyl (C=O) groups excluding carboxylic acids is 1. The molecule has 1 aliphatic heterocycles. The van der Waals surface area contributed by atoms with E-state index >= 15 is 0 Å². The molecule has 7 nitrogen and oxygen atoms in total. The maximum atomic E-state index is 11.4. The summed E-state index contributed by atoms with van der Waals surface area (Å²) < 4.78 is 1.89. The van der Waals surface area contributed by atoms with Crippen LogP contribution in [0.5, 0.6) is 0 Å². The van der Waals surface area contributed by atoms with E-state index in [1.807, 2.05) is 15.9 Å². The minimum absolute atomic E-state index is 0.225. The van der Waals surface area contributed by atoms with Crippen molar-refractivity contribution in [2.24, 2.45) is 11.7 Å². The first kappa shape index (κ1) is 21.8. The number of piperidine rings is 1. The van der Waals surface area contributed by atoms with Gasteiger partial charge in [-0.15, -0.1) is 11.3 Å². The van der Waals surface area contributed by atoms with Crippen LogP contribution in [0.15, 0.2) is 12.5 Å². The number of aromatic nitrogens is 4. The average Bonchev–Trinajstić information content (AvgIpc) is 3.06. The number of rotatable bonds is 5. The molecule has 1 aliphatic carbocycles. The monoisotopic (exact) mass is 476 g/mol. The molecule has 2 aliphatic rings. The van der Waals surface area contributed by atoms with Crippen LogP contribution < -0.4 is 5.73 Å². The summed E-state index contributed by atoms with van der Waals surface area (Å²) in [5.74, 6) is 0.794. The fourth-order valence-electron chi connectivity index (χ4n) is 6.39. The molecule has 4 aromatic heterocycles. The average molecular weight is 477 g/mol. The highest BCUT2D eigenvalue weighted by Crippen LogP contribution is 2.62. The van der Waals surface area contributed by atoms with Crippen molar-refractivity contribution in [1.82, 2.24) is 24.5 Å². The van der Waals surface area contributed by atoms with Crippen LogP contribution in [-0.4, -0.2) is 50.0 Å². The smallest absolute Gasteiger partial charge is 0.231 e. The van der Waals surface area contributed by atoms with E-state index in [1.54, 1.807) is 11.2 Å². The highest BCUT2D eigenvalue weighted by molar-refractivity contribution is 7.19. The molecule has 1 amide bonds. The largest absolute Gasteiger partial charge is 0.369 e. The molecular formula is C26H32N6OS. The number of aromatic amines is 1. The van der Waals surface area contributed by atoms with Gasteiger partial charge in [-0.05, 0) is 74.2 Å². The van der Waals surface area contributed by atoms with Gasteiger partial charge in [0.1, 0.15) is 11.2 Å². The fraction of sp³-hybridized carbons (Fsp3) is 0.500. The third-order valence-electron chi connectivity index (χ3n) is 8.31. The standard InChI is InChI=1S/C26H32N6OS/c1-13(2)20-21-16(5)23(26-6-7-31(11-19(27)33)9-17(26)8-26)34-25(21)30-22(20)18-10-32-24(28-12-29-32)15(4)14(18)3/h10,12-13,17,30H,6-9,11H2,1-5H3,(H2,27,33). The topological polar surface area (TPSA) is 92.3 Å². The second kappa shape index (κ2) is 7.39. The summed E-state index contributed by atoms with van der Waals surface area (Å²) >= 11 is 1.95. The van der Waals surface area contributed by atoms with Gasteiger partial charge in [0, 0.05) is 34.0 Å². The second-order valence-electron chi connectivity index (χ2n) is 10.7. The zero-order chi connectivity index (χ0) is 23.9. The van der Waals surface area contributed by atoms with E-state index in [4.69, 9.17) is 5.73 Å². The molecule has 2 unspecified atom stereocenters. The normalized spacial score (nSPS) is 22.7. The van der Waals surface area contributed by atoms with Crippen LogP contribution in [0.4, 0.5) is 0 Å². The van der Waals surface area contributed by atoms with Gasteiger partial charge in [0.25, 0.3) is 0 Å². The Morgan fingerprint density at radius 2 is 2.09 bits per heavy atom. The Balaban J connectivity index is 1.45. The quantitative estimate of drug-likeness (QED) is 0.445. The van der Waals surface area contributed by atoms with E-state index in [-0.39, 0.29) is 11.3 Å². The van der Waals surface area contributed by atoms with Crippen molar-refractivity contribution < 1.29 is 4.79 Å². The Bertz CT molecular complexity index is 1460. The molecule has 6 rings (SSSR count). The zero-order valence-corrected chi connectivity index (χ0v) is 21.3. The highest BCUT2D eigenvalue weighted by atomic mass is 32.1. The number of nitrogens with zero attached hydrogens (tertiary/aromatic N) is 4. The van der Waals surface area contributed by atoms with E-state index in [0.29, 0.717) is 18.4 Å². The van der Waals surface area contributed by atoms with Gasteiger partial charge in [-0.25, -0.2) is 9.50 Å². The molecule has 0 radical (unpaired) electrons. The first-order valence-electron chi connectivity index (χ1n) is 12.2. The van der Waals surface area contributed by atoms with Gasteiger partial charge in [0.15, 0.2) is 5.65 Å². The minimum atomic E-state index is -0.225. The Morgan fingerprint density at radius 3 is 2.79 bits per heavy atom. The maximum absolute atomic E-state index is 11.4. The van der Waals surface area contributed by atoms with Crippen molar-refractivity contribution >= 4 is 33.1 Å². The van der Waals surface area contributed by atoms with Crippen LogP contribution in [-0.2, 0) is 10.2 Å². The zero-order valence-electron chi connectivity index (χ0n) is 20.5. The minimum Gasteiger partial charge on any atom is -0.369 e. The molecule has 1 saturated heterocycles. The number of nitrogens with one attached hydrogen (secondary N) is 1. The number of H-pyrrole nitrogens is 1. The van der Waals surface area contributed by atoms with E-state index < -0.39 is 0 Å². The highest BCUT2D eigenvalue weighted by Gasteiger charge is 2.59. The van der Waals surface area contributed by atoms with Gasteiger partial charge in [0.05, 0.1) is 12.2 Å². The Labute approximate surface area is 203 Å². The molecule has 5 heterocycles. The van der Waals surface area contributed by atoms with E-state index in [0.717, 1.165) is 25.2 Å². The molecule has 34 heavy (non-hydrogen) atoms.